The van der Waals surface area contributed by atoms with E-state index in [1.165, 1.54) is 0 Å². The van der Waals surface area contributed by atoms with Crippen LogP contribution in [-0.4, -0.2) is 30.9 Å². The first kappa shape index (κ1) is 16.6. The third-order valence-electron chi connectivity index (χ3n) is 2.29. The molecule has 0 aliphatic carbocycles. The summed E-state index contributed by atoms with van der Waals surface area (Å²) in [6.45, 7) is 7.60. The molecule has 0 aromatic rings. The van der Waals surface area contributed by atoms with E-state index in [9.17, 15) is 14.4 Å². The van der Waals surface area contributed by atoms with E-state index in [-0.39, 0.29) is 25.6 Å². The van der Waals surface area contributed by atoms with E-state index in [0.29, 0.717) is 6.42 Å². The van der Waals surface area contributed by atoms with E-state index in [2.05, 4.69) is 0 Å². The van der Waals surface area contributed by atoms with Gasteiger partial charge in [-0.15, -0.1) is 0 Å². The zero-order valence-corrected chi connectivity index (χ0v) is 11.5. The third-order valence-corrected chi connectivity index (χ3v) is 2.29. The van der Waals surface area contributed by atoms with Gasteiger partial charge < -0.3 is 9.47 Å². The monoisotopic (exact) mass is 258 g/mol. The topological polar surface area (TPSA) is 69.7 Å². The lowest BCUT2D eigenvalue weighted by molar-refractivity contribution is -0.154. The summed E-state index contributed by atoms with van der Waals surface area (Å²) in [5.41, 5.74) is 0. The summed E-state index contributed by atoms with van der Waals surface area (Å²) in [4.78, 5) is 34.8. The van der Waals surface area contributed by atoms with Gasteiger partial charge in [-0.25, -0.2) is 0 Å². The lowest BCUT2D eigenvalue weighted by Crippen LogP contribution is -2.29. The minimum Gasteiger partial charge on any atom is -0.466 e. The fraction of sp³-hybridized carbons (Fsp3) is 0.769. The van der Waals surface area contributed by atoms with Gasteiger partial charge in [0.2, 0.25) is 0 Å². The van der Waals surface area contributed by atoms with E-state index in [0.717, 1.165) is 0 Å². The first-order chi connectivity index (χ1) is 8.42. The molecule has 0 spiro atoms. The molecule has 0 fully saturated rings. The second-order valence-corrected chi connectivity index (χ2v) is 4.38. The van der Waals surface area contributed by atoms with Crippen molar-refractivity contribution in [2.45, 2.75) is 40.5 Å². The summed E-state index contributed by atoms with van der Waals surface area (Å²) in [6, 6.07) is 0. The number of hydrogen-bond acceptors (Lipinski definition) is 5. The van der Waals surface area contributed by atoms with E-state index in [1.54, 1.807) is 13.8 Å². The summed E-state index contributed by atoms with van der Waals surface area (Å²) in [5.74, 6) is -2.28. The fourth-order valence-electron chi connectivity index (χ4n) is 1.55. The zero-order valence-electron chi connectivity index (χ0n) is 11.5. The first-order valence-corrected chi connectivity index (χ1v) is 6.27. The maximum Gasteiger partial charge on any atom is 0.316 e. The largest absolute Gasteiger partial charge is 0.466 e. The highest BCUT2D eigenvalue weighted by molar-refractivity contribution is 6.06. The summed E-state index contributed by atoms with van der Waals surface area (Å²) in [5, 5.41) is 0. The molecule has 0 aliphatic heterocycles. The average molecular weight is 258 g/mol. The molecule has 104 valence electrons. The lowest BCUT2D eigenvalue weighted by atomic mass is 9.92. The van der Waals surface area contributed by atoms with Crippen LogP contribution in [0.25, 0.3) is 0 Å². The molecule has 1 atom stereocenters. The first-order valence-electron chi connectivity index (χ1n) is 6.27. The number of ether oxygens (including phenoxy) is 2. The molecule has 0 aromatic carbocycles. The van der Waals surface area contributed by atoms with Crippen LogP contribution in [0, 0.1) is 11.8 Å². The Morgan fingerprint density at radius 3 is 2.00 bits per heavy atom. The highest BCUT2D eigenvalue weighted by atomic mass is 16.5. The molecule has 0 saturated carbocycles. The second kappa shape index (κ2) is 8.66. The molecule has 0 heterocycles. The normalized spacial score (nSPS) is 12.1. The highest BCUT2D eigenvalue weighted by Crippen LogP contribution is 2.16. The molecule has 0 bridgehead atoms. The Bertz CT molecular complexity index is 296. The number of rotatable bonds is 8. The summed E-state index contributed by atoms with van der Waals surface area (Å²) < 4.78 is 9.55. The summed E-state index contributed by atoms with van der Waals surface area (Å²) in [7, 11) is 0. The van der Waals surface area contributed by atoms with Crippen molar-refractivity contribution < 1.29 is 23.9 Å². The minimum atomic E-state index is -0.866. The molecule has 18 heavy (non-hydrogen) atoms. The standard InChI is InChI=1S/C13H22O5/c1-5-17-12(15)8-11(14)10(7-9(3)4)13(16)18-6-2/h9-10H,5-8H2,1-4H3. The average Bonchev–Trinajstić information content (AvgIpc) is 2.25. The predicted octanol–water partition coefficient (Wildman–Crippen LogP) is 1.73. The van der Waals surface area contributed by atoms with Crippen LogP contribution in [0.15, 0.2) is 0 Å². The van der Waals surface area contributed by atoms with Gasteiger partial charge in [-0.1, -0.05) is 13.8 Å². The van der Waals surface area contributed by atoms with Gasteiger partial charge in [-0.3, -0.25) is 14.4 Å². The molecule has 5 nitrogen and oxygen atoms in total. The molecular formula is C13H22O5. The van der Waals surface area contributed by atoms with Crippen molar-refractivity contribution >= 4 is 17.7 Å². The second-order valence-electron chi connectivity index (χ2n) is 4.38. The van der Waals surface area contributed by atoms with Crippen molar-refractivity contribution in [2.24, 2.45) is 11.8 Å². The smallest absolute Gasteiger partial charge is 0.316 e. The maximum atomic E-state index is 11.9. The Morgan fingerprint density at radius 1 is 1.00 bits per heavy atom. The number of hydrogen-bond donors (Lipinski definition) is 0. The van der Waals surface area contributed by atoms with Crippen LogP contribution in [-0.2, 0) is 23.9 Å². The van der Waals surface area contributed by atoms with Crippen LogP contribution in [0.3, 0.4) is 0 Å². The molecule has 1 unspecified atom stereocenters. The van der Waals surface area contributed by atoms with Crippen molar-refractivity contribution in [2.75, 3.05) is 13.2 Å². The number of esters is 2. The van der Waals surface area contributed by atoms with E-state index < -0.39 is 23.6 Å². The molecule has 0 aliphatic rings. The van der Waals surface area contributed by atoms with Gasteiger partial charge in [0.25, 0.3) is 0 Å². The molecule has 5 heteroatoms. The van der Waals surface area contributed by atoms with Gasteiger partial charge in [0.1, 0.15) is 12.3 Å². The number of Topliss-reactive ketones (excluding diaryl/α,β-unsaturated/α-hetero) is 1. The van der Waals surface area contributed by atoms with Gasteiger partial charge in [-0.05, 0) is 26.2 Å². The Balaban J connectivity index is 4.58. The molecule has 0 amide bonds. The number of ketones is 1. The number of carbonyl (C=O) groups is 3. The zero-order chi connectivity index (χ0) is 14.1. The van der Waals surface area contributed by atoms with Crippen LogP contribution in [0.4, 0.5) is 0 Å². The Labute approximate surface area is 108 Å². The maximum absolute atomic E-state index is 11.9. The van der Waals surface area contributed by atoms with Crippen molar-refractivity contribution in [3.05, 3.63) is 0 Å². The Hall–Kier alpha value is -1.39. The highest BCUT2D eigenvalue weighted by Gasteiger charge is 2.30. The fourth-order valence-corrected chi connectivity index (χ4v) is 1.55. The Kier molecular flexibility index (Phi) is 8.00. The van der Waals surface area contributed by atoms with Crippen LogP contribution < -0.4 is 0 Å². The van der Waals surface area contributed by atoms with Crippen molar-refractivity contribution in [1.29, 1.82) is 0 Å². The van der Waals surface area contributed by atoms with E-state index in [1.807, 2.05) is 13.8 Å². The van der Waals surface area contributed by atoms with Crippen molar-refractivity contribution in [3.8, 4) is 0 Å². The van der Waals surface area contributed by atoms with Crippen LogP contribution in [0.2, 0.25) is 0 Å². The number of carbonyl (C=O) groups excluding carboxylic acids is 3. The molecular weight excluding hydrogens is 236 g/mol. The molecule has 0 saturated heterocycles. The van der Waals surface area contributed by atoms with Gasteiger partial charge in [0, 0.05) is 0 Å². The summed E-state index contributed by atoms with van der Waals surface area (Å²) in [6.07, 6.45) is 0.0150. The molecule has 0 aromatic heterocycles. The quantitative estimate of drug-likeness (QED) is 0.490. The molecule has 0 rings (SSSR count). The van der Waals surface area contributed by atoms with Crippen molar-refractivity contribution in [3.63, 3.8) is 0 Å². The third kappa shape index (κ3) is 6.37. The van der Waals surface area contributed by atoms with Gasteiger partial charge in [0.05, 0.1) is 13.2 Å². The van der Waals surface area contributed by atoms with Gasteiger partial charge >= 0.3 is 11.9 Å². The van der Waals surface area contributed by atoms with Crippen LogP contribution in [0.5, 0.6) is 0 Å². The molecule has 0 N–H and O–H groups in total. The van der Waals surface area contributed by atoms with Gasteiger partial charge in [-0.2, -0.15) is 0 Å². The van der Waals surface area contributed by atoms with E-state index >= 15 is 0 Å². The van der Waals surface area contributed by atoms with E-state index in [4.69, 9.17) is 9.47 Å². The van der Waals surface area contributed by atoms with Gasteiger partial charge in [0.15, 0.2) is 5.78 Å². The Morgan fingerprint density at radius 2 is 1.56 bits per heavy atom. The minimum absolute atomic E-state index is 0.172. The van der Waals surface area contributed by atoms with Crippen LogP contribution >= 0.6 is 0 Å². The predicted molar refractivity (Wildman–Crippen MR) is 65.8 cm³/mol. The SMILES string of the molecule is CCOC(=O)CC(=O)C(CC(C)C)C(=O)OCC. The van der Waals surface area contributed by atoms with Crippen molar-refractivity contribution in [1.82, 2.24) is 0 Å². The summed E-state index contributed by atoms with van der Waals surface area (Å²) >= 11 is 0. The van der Waals surface area contributed by atoms with Crippen LogP contribution in [0.1, 0.15) is 40.5 Å². The molecule has 0 radical (unpaired) electrons. The lowest BCUT2D eigenvalue weighted by Gasteiger charge is -2.16.